The van der Waals surface area contributed by atoms with Gasteiger partial charge in [-0.1, -0.05) is 23.9 Å². The van der Waals surface area contributed by atoms with Gasteiger partial charge in [0, 0.05) is 36.8 Å². The zero-order valence-corrected chi connectivity index (χ0v) is 19.2. The number of rotatable bonds is 8. The van der Waals surface area contributed by atoms with Gasteiger partial charge in [-0.2, -0.15) is 0 Å². The minimum atomic E-state index is -0.0761. The Morgan fingerprint density at radius 2 is 1.76 bits per heavy atom. The molecule has 2 rings (SSSR count). The Labute approximate surface area is 177 Å². The molecule has 0 radical (unpaired) electrons. The molecule has 0 atom stereocenters. The molecule has 0 saturated heterocycles. The predicted molar refractivity (Wildman–Crippen MR) is 118 cm³/mol. The first-order chi connectivity index (χ1) is 13.6. The van der Waals surface area contributed by atoms with E-state index in [1.807, 2.05) is 63.8 Å². The van der Waals surface area contributed by atoms with E-state index in [9.17, 15) is 9.59 Å². The number of ether oxygens (including phenoxy) is 1. The van der Waals surface area contributed by atoms with Crippen LogP contribution in [0, 0.1) is 6.92 Å². The van der Waals surface area contributed by atoms with E-state index >= 15 is 0 Å². The Bertz CT molecular complexity index is 897. The highest BCUT2D eigenvalue weighted by molar-refractivity contribution is 7.99. The standard InChI is InChI=1S/C22H31N3O3S/c1-14(2)25(15(3)4)20(26)13-29-22-23-16(5)19(21(27)24(22)6)12-17-8-10-18(28-7)11-9-17/h8-11,14-15H,12-13H2,1-7H3. The van der Waals surface area contributed by atoms with E-state index < -0.39 is 0 Å². The van der Waals surface area contributed by atoms with E-state index in [0.717, 1.165) is 11.3 Å². The number of nitrogens with zero attached hydrogens (tertiary/aromatic N) is 3. The zero-order chi connectivity index (χ0) is 21.7. The molecule has 29 heavy (non-hydrogen) atoms. The second-order valence-corrected chi connectivity index (χ2v) is 8.57. The quantitative estimate of drug-likeness (QED) is 0.486. The fourth-order valence-electron chi connectivity index (χ4n) is 3.38. The molecule has 0 unspecified atom stereocenters. The summed E-state index contributed by atoms with van der Waals surface area (Å²) in [7, 11) is 3.34. The van der Waals surface area contributed by atoms with E-state index in [-0.39, 0.29) is 29.3 Å². The summed E-state index contributed by atoms with van der Waals surface area (Å²) in [5.41, 5.74) is 2.31. The zero-order valence-electron chi connectivity index (χ0n) is 18.4. The number of amides is 1. The lowest BCUT2D eigenvalue weighted by Gasteiger charge is -2.30. The highest BCUT2D eigenvalue weighted by atomic mass is 32.2. The van der Waals surface area contributed by atoms with Crippen LogP contribution in [-0.2, 0) is 18.3 Å². The van der Waals surface area contributed by atoms with Crippen LogP contribution in [0.25, 0.3) is 0 Å². The Hall–Kier alpha value is -2.28. The van der Waals surface area contributed by atoms with E-state index in [1.54, 1.807) is 18.7 Å². The van der Waals surface area contributed by atoms with E-state index in [2.05, 4.69) is 4.98 Å². The number of carbonyl (C=O) groups excluding carboxylic acids is 1. The van der Waals surface area contributed by atoms with E-state index in [1.165, 1.54) is 11.8 Å². The highest BCUT2D eigenvalue weighted by Gasteiger charge is 2.21. The van der Waals surface area contributed by atoms with Crippen molar-refractivity contribution in [3.63, 3.8) is 0 Å². The molecule has 0 bridgehead atoms. The van der Waals surface area contributed by atoms with Crippen molar-refractivity contribution in [2.45, 2.75) is 58.3 Å². The largest absolute Gasteiger partial charge is 0.497 e. The molecule has 1 heterocycles. The summed E-state index contributed by atoms with van der Waals surface area (Å²) in [6.45, 7) is 9.88. The summed E-state index contributed by atoms with van der Waals surface area (Å²) in [5.74, 6) is 1.09. The molecule has 0 aliphatic heterocycles. The third kappa shape index (κ3) is 5.63. The number of hydrogen-bond acceptors (Lipinski definition) is 5. The van der Waals surface area contributed by atoms with Gasteiger partial charge < -0.3 is 9.64 Å². The first-order valence-electron chi connectivity index (χ1n) is 9.79. The van der Waals surface area contributed by atoms with Crippen LogP contribution < -0.4 is 10.3 Å². The van der Waals surface area contributed by atoms with Crippen molar-refractivity contribution in [3.05, 3.63) is 51.4 Å². The second-order valence-electron chi connectivity index (χ2n) is 7.62. The third-order valence-electron chi connectivity index (χ3n) is 4.82. The molecule has 0 N–H and O–H groups in total. The van der Waals surface area contributed by atoms with Gasteiger partial charge in [-0.25, -0.2) is 4.98 Å². The summed E-state index contributed by atoms with van der Waals surface area (Å²) < 4.78 is 6.72. The number of thioether (sulfide) groups is 1. The van der Waals surface area contributed by atoms with Crippen LogP contribution in [0.1, 0.15) is 44.5 Å². The van der Waals surface area contributed by atoms with Gasteiger partial charge in [0.2, 0.25) is 5.91 Å². The molecular weight excluding hydrogens is 386 g/mol. The molecule has 6 nitrogen and oxygen atoms in total. The molecule has 0 fully saturated rings. The maximum atomic E-state index is 12.9. The molecule has 0 saturated carbocycles. The minimum Gasteiger partial charge on any atom is -0.497 e. The lowest BCUT2D eigenvalue weighted by atomic mass is 10.1. The summed E-state index contributed by atoms with van der Waals surface area (Å²) in [6, 6.07) is 7.93. The van der Waals surface area contributed by atoms with Crippen LogP contribution in [0.4, 0.5) is 0 Å². The van der Waals surface area contributed by atoms with Gasteiger partial charge in [0.1, 0.15) is 5.75 Å². The maximum Gasteiger partial charge on any atom is 0.257 e. The molecule has 2 aromatic rings. The molecule has 0 aliphatic rings. The Morgan fingerprint density at radius 3 is 2.28 bits per heavy atom. The summed E-state index contributed by atoms with van der Waals surface area (Å²) in [5, 5.41) is 0.562. The summed E-state index contributed by atoms with van der Waals surface area (Å²) >= 11 is 1.31. The number of aryl methyl sites for hydroxylation is 1. The van der Waals surface area contributed by atoms with Gasteiger partial charge in [0.25, 0.3) is 5.56 Å². The van der Waals surface area contributed by atoms with Crippen LogP contribution in [-0.4, -0.2) is 45.3 Å². The molecule has 1 aromatic heterocycles. The van der Waals surface area contributed by atoms with Crippen molar-refractivity contribution in [1.29, 1.82) is 0 Å². The topological polar surface area (TPSA) is 64.4 Å². The minimum absolute atomic E-state index is 0.0502. The molecule has 0 spiro atoms. The Balaban J connectivity index is 2.19. The lowest BCUT2D eigenvalue weighted by molar-refractivity contribution is -0.131. The van der Waals surface area contributed by atoms with Crippen molar-refractivity contribution in [2.24, 2.45) is 7.05 Å². The Kier molecular flexibility index (Phi) is 7.90. The molecule has 0 aliphatic carbocycles. The molecule has 1 amide bonds. The first kappa shape index (κ1) is 23.0. The number of carbonyl (C=O) groups is 1. The van der Waals surface area contributed by atoms with Crippen molar-refractivity contribution >= 4 is 17.7 Å². The highest BCUT2D eigenvalue weighted by Crippen LogP contribution is 2.19. The van der Waals surface area contributed by atoms with Crippen LogP contribution in [0.3, 0.4) is 0 Å². The van der Waals surface area contributed by atoms with Gasteiger partial charge in [0.05, 0.1) is 12.9 Å². The lowest BCUT2D eigenvalue weighted by Crippen LogP contribution is -2.43. The number of benzene rings is 1. The van der Waals surface area contributed by atoms with Crippen LogP contribution >= 0.6 is 11.8 Å². The van der Waals surface area contributed by atoms with Crippen molar-refractivity contribution in [3.8, 4) is 5.75 Å². The van der Waals surface area contributed by atoms with Crippen LogP contribution in [0.2, 0.25) is 0 Å². The van der Waals surface area contributed by atoms with Gasteiger partial charge in [-0.15, -0.1) is 0 Å². The first-order valence-corrected chi connectivity index (χ1v) is 10.8. The maximum absolute atomic E-state index is 12.9. The van der Waals surface area contributed by atoms with Crippen molar-refractivity contribution in [2.75, 3.05) is 12.9 Å². The normalized spacial score (nSPS) is 11.2. The van der Waals surface area contributed by atoms with Gasteiger partial charge in [0.15, 0.2) is 5.16 Å². The average molecular weight is 418 g/mol. The van der Waals surface area contributed by atoms with E-state index in [0.29, 0.717) is 22.8 Å². The molecule has 7 heteroatoms. The number of aromatic nitrogens is 2. The molecule has 158 valence electrons. The SMILES string of the molecule is COc1ccc(Cc2c(C)nc(SCC(=O)N(C(C)C)C(C)C)n(C)c2=O)cc1. The van der Waals surface area contributed by atoms with Gasteiger partial charge >= 0.3 is 0 Å². The van der Waals surface area contributed by atoms with Gasteiger partial charge in [-0.3, -0.25) is 14.2 Å². The summed E-state index contributed by atoms with van der Waals surface area (Å²) in [6.07, 6.45) is 0.508. The summed E-state index contributed by atoms with van der Waals surface area (Å²) in [4.78, 5) is 32.0. The second kappa shape index (κ2) is 9.96. The monoisotopic (exact) mass is 417 g/mol. The number of hydrogen-bond donors (Lipinski definition) is 0. The molecular formula is C22H31N3O3S. The number of methoxy groups -OCH3 is 1. The average Bonchev–Trinajstić information content (AvgIpc) is 2.66. The van der Waals surface area contributed by atoms with Gasteiger partial charge in [-0.05, 0) is 52.3 Å². The fraction of sp³-hybridized carbons (Fsp3) is 0.500. The predicted octanol–water partition coefficient (Wildman–Crippen LogP) is 3.43. The fourth-order valence-corrected chi connectivity index (χ4v) is 4.26. The smallest absolute Gasteiger partial charge is 0.257 e. The van der Waals surface area contributed by atoms with Crippen LogP contribution in [0.5, 0.6) is 5.75 Å². The van der Waals surface area contributed by atoms with Crippen molar-refractivity contribution < 1.29 is 9.53 Å². The van der Waals surface area contributed by atoms with E-state index in [4.69, 9.17) is 4.74 Å². The third-order valence-corrected chi connectivity index (χ3v) is 5.83. The van der Waals surface area contributed by atoms with Crippen LogP contribution in [0.15, 0.2) is 34.2 Å². The Morgan fingerprint density at radius 1 is 1.17 bits per heavy atom. The molecule has 1 aromatic carbocycles. The van der Waals surface area contributed by atoms with Crippen molar-refractivity contribution in [1.82, 2.24) is 14.5 Å².